The Labute approximate surface area is 127 Å². The molecule has 0 aromatic rings. The summed E-state index contributed by atoms with van der Waals surface area (Å²) in [5, 5.41) is 2.85. The average Bonchev–Trinajstić information content (AvgIpc) is 2.38. The average molecular weight is 318 g/mol. The van der Waals surface area contributed by atoms with E-state index in [0.717, 1.165) is 6.26 Å². The predicted octanol–water partition coefficient (Wildman–Crippen LogP) is 0.715. The largest absolute Gasteiger partial charge is 0.340 e. The molecule has 7 heteroatoms. The van der Waals surface area contributed by atoms with E-state index < -0.39 is 27.5 Å². The summed E-state index contributed by atoms with van der Waals surface area (Å²) in [5.41, 5.74) is -0.908. The first-order chi connectivity index (χ1) is 9.61. The number of amides is 2. The molecular weight excluding hydrogens is 292 g/mol. The number of sulfone groups is 1. The molecule has 0 saturated carbocycles. The molecule has 1 N–H and O–H groups in total. The molecule has 1 aliphatic rings. The van der Waals surface area contributed by atoms with Crippen LogP contribution in [-0.4, -0.2) is 54.8 Å². The van der Waals surface area contributed by atoms with Crippen LogP contribution in [-0.2, 0) is 19.4 Å². The van der Waals surface area contributed by atoms with E-state index in [1.807, 2.05) is 20.8 Å². The van der Waals surface area contributed by atoms with Crippen LogP contribution in [0.4, 0.5) is 0 Å². The Hall–Kier alpha value is -1.11. The van der Waals surface area contributed by atoms with Crippen LogP contribution < -0.4 is 5.32 Å². The van der Waals surface area contributed by atoms with Crippen molar-refractivity contribution in [2.45, 2.75) is 64.6 Å². The third kappa shape index (κ3) is 3.56. The van der Waals surface area contributed by atoms with Gasteiger partial charge in [0.1, 0.15) is 21.4 Å². The van der Waals surface area contributed by atoms with Gasteiger partial charge in [0.2, 0.25) is 11.8 Å². The van der Waals surface area contributed by atoms with Gasteiger partial charge in [-0.05, 0) is 26.2 Å². The quantitative estimate of drug-likeness (QED) is 0.782. The first-order valence-electron chi connectivity index (χ1n) is 7.44. The van der Waals surface area contributed by atoms with Crippen molar-refractivity contribution in [2.24, 2.45) is 0 Å². The monoisotopic (exact) mass is 318 g/mol. The van der Waals surface area contributed by atoms with E-state index in [9.17, 15) is 18.0 Å². The summed E-state index contributed by atoms with van der Waals surface area (Å²) < 4.78 is 23.1. The molecule has 1 fully saturated rings. The highest BCUT2D eigenvalue weighted by Gasteiger charge is 2.49. The highest BCUT2D eigenvalue weighted by Crippen LogP contribution is 2.28. The SMILES string of the molecule is CCC1C(=O)NC(CC)(CC)C(=O)N1C(C)CS(C)(=O)=O. The van der Waals surface area contributed by atoms with E-state index in [4.69, 9.17) is 0 Å². The molecular formula is C14H26N2O4S. The molecule has 6 nitrogen and oxygen atoms in total. The Morgan fingerprint density at radius 1 is 1.24 bits per heavy atom. The van der Waals surface area contributed by atoms with E-state index >= 15 is 0 Å². The molecule has 2 amide bonds. The zero-order chi connectivity index (χ0) is 16.4. The van der Waals surface area contributed by atoms with Crippen molar-refractivity contribution in [1.29, 1.82) is 0 Å². The molecule has 0 spiro atoms. The summed E-state index contributed by atoms with van der Waals surface area (Å²) in [6.45, 7) is 7.22. The number of carbonyl (C=O) groups is 2. The third-order valence-corrected chi connectivity index (χ3v) is 5.35. The lowest BCUT2D eigenvalue weighted by Crippen LogP contribution is -2.71. The number of nitrogens with zero attached hydrogens (tertiary/aromatic N) is 1. The van der Waals surface area contributed by atoms with Crippen LogP contribution >= 0.6 is 0 Å². The zero-order valence-electron chi connectivity index (χ0n) is 13.5. The van der Waals surface area contributed by atoms with E-state index in [1.54, 1.807) is 6.92 Å². The van der Waals surface area contributed by atoms with Crippen molar-refractivity contribution < 1.29 is 18.0 Å². The van der Waals surface area contributed by atoms with Gasteiger partial charge >= 0.3 is 0 Å². The number of hydrogen-bond acceptors (Lipinski definition) is 4. The van der Waals surface area contributed by atoms with Crippen LogP contribution in [0.3, 0.4) is 0 Å². The van der Waals surface area contributed by atoms with Gasteiger partial charge in [-0.1, -0.05) is 20.8 Å². The lowest BCUT2D eigenvalue weighted by molar-refractivity contribution is -0.157. The van der Waals surface area contributed by atoms with Crippen LogP contribution in [0.25, 0.3) is 0 Å². The lowest BCUT2D eigenvalue weighted by Gasteiger charge is -2.47. The van der Waals surface area contributed by atoms with Gasteiger partial charge in [0.05, 0.1) is 5.75 Å². The number of nitrogens with one attached hydrogen (secondary N) is 1. The summed E-state index contributed by atoms with van der Waals surface area (Å²) in [6, 6.07) is -1.11. The highest BCUT2D eigenvalue weighted by atomic mass is 32.2. The van der Waals surface area contributed by atoms with Gasteiger partial charge in [-0.2, -0.15) is 0 Å². The maximum atomic E-state index is 12.9. The predicted molar refractivity (Wildman–Crippen MR) is 81.6 cm³/mol. The van der Waals surface area contributed by atoms with Crippen molar-refractivity contribution in [3.8, 4) is 0 Å². The normalized spacial score (nSPS) is 23.9. The molecule has 0 radical (unpaired) electrons. The molecule has 1 rings (SSSR count). The van der Waals surface area contributed by atoms with E-state index in [2.05, 4.69) is 5.32 Å². The Balaban J connectivity index is 3.21. The van der Waals surface area contributed by atoms with Gasteiger partial charge in [-0.3, -0.25) is 9.59 Å². The fourth-order valence-corrected chi connectivity index (χ4v) is 4.06. The van der Waals surface area contributed by atoms with E-state index in [-0.39, 0.29) is 17.6 Å². The number of carbonyl (C=O) groups excluding carboxylic acids is 2. The molecule has 2 unspecified atom stereocenters. The zero-order valence-corrected chi connectivity index (χ0v) is 14.3. The second kappa shape index (κ2) is 6.34. The number of hydrogen-bond donors (Lipinski definition) is 1. The Morgan fingerprint density at radius 3 is 2.14 bits per heavy atom. The van der Waals surface area contributed by atoms with Crippen molar-refractivity contribution in [3.05, 3.63) is 0 Å². The van der Waals surface area contributed by atoms with Gasteiger partial charge < -0.3 is 10.2 Å². The Morgan fingerprint density at radius 2 is 1.76 bits per heavy atom. The maximum absolute atomic E-state index is 12.9. The van der Waals surface area contributed by atoms with Gasteiger partial charge in [0, 0.05) is 12.3 Å². The molecule has 1 saturated heterocycles. The molecule has 2 atom stereocenters. The third-order valence-electron chi connectivity index (χ3n) is 4.26. The maximum Gasteiger partial charge on any atom is 0.249 e. The van der Waals surface area contributed by atoms with Crippen LogP contribution in [0.5, 0.6) is 0 Å². The highest BCUT2D eigenvalue weighted by molar-refractivity contribution is 7.90. The standard InChI is InChI=1S/C14H26N2O4S/c1-6-11-12(17)15-14(7-2,8-3)13(18)16(11)10(4)9-21(5,19)20/h10-11H,6-9H2,1-5H3,(H,15,17). The van der Waals surface area contributed by atoms with Crippen molar-refractivity contribution >= 4 is 21.7 Å². The minimum absolute atomic E-state index is 0.133. The molecule has 21 heavy (non-hydrogen) atoms. The fourth-order valence-electron chi connectivity index (χ4n) is 3.02. The van der Waals surface area contributed by atoms with Gasteiger partial charge in [-0.15, -0.1) is 0 Å². The second-order valence-corrected chi connectivity index (χ2v) is 8.04. The lowest BCUT2D eigenvalue weighted by atomic mass is 9.86. The van der Waals surface area contributed by atoms with Crippen molar-refractivity contribution in [1.82, 2.24) is 10.2 Å². The minimum atomic E-state index is -3.22. The fraction of sp³-hybridized carbons (Fsp3) is 0.857. The second-order valence-electron chi connectivity index (χ2n) is 5.86. The van der Waals surface area contributed by atoms with Crippen molar-refractivity contribution in [2.75, 3.05) is 12.0 Å². The van der Waals surface area contributed by atoms with Crippen LogP contribution in [0.2, 0.25) is 0 Å². The molecule has 1 heterocycles. The van der Waals surface area contributed by atoms with Gasteiger partial charge in [0.25, 0.3) is 0 Å². The minimum Gasteiger partial charge on any atom is -0.340 e. The van der Waals surface area contributed by atoms with Crippen molar-refractivity contribution in [3.63, 3.8) is 0 Å². The molecule has 122 valence electrons. The first kappa shape index (κ1) is 17.9. The number of rotatable bonds is 6. The van der Waals surface area contributed by atoms with Crippen LogP contribution in [0, 0.1) is 0 Å². The first-order valence-corrected chi connectivity index (χ1v) is 9.50. The van der Waals surface area contributed by atoms with Gasteiger partial charge in [-0.25, -0.2) is 8.42 Å². The molecule has 0 aliphatic carbocycles. The van der Waals surface area contributed by atoms with E-state index in [0.29, 0.717) is 19.3 Å². The number of piperazine rings is 1. The summed E-state index contributed by atoms with van der Waals surface area (Å²) in [7, 11) is -3.22. The van der Waals surface area contributed by atoms with Gasteiger partial charge in [0.15, 0.2) is 0 Å². The van der Waals surface area contributed by atoms with E-state index in [1.165, 1.54) is 4.90 Å². The van der Waals surface area contributed by atoms with Crippen LogP contribution in [0.15, 0.2) is 0 Å². The molecule has 0 bridgehead atoms. The van der Waals surface area contributed by atoms with Crippen LogP contribution in [0.1, 0.15) is 47.0 Å². The Bertz CT molecular complexity index is 511. The summed E-state index contributed by atoms with van der Waals surface area (Å²) in [4.78, 5) is 26.7. The Kier molecular flexibility index (Phi) is 5.41. The summed E-state index contributed by atoms with van der Waals surface area (Å²) in [5.74, 6) is -0.497. The summed E-state index contributed by atoms with van der Waals surface area (Å²) >= 11 is 0. The molecule has 1 aliphatic heterocycles. The topological polar surface area (TPSA) is 83.6 Å². The summed E-state index contributed by atoms with van der Waals surface area (Å²) in [6.07, 6.45) is 2.60. The molecule has 0 aromatic heterocycles. The molecule has 0 aromatic carbocycles. The smallest absolute Gasteiger partial charge is 0.249 e.